The molecule has 0 bridgehead atoms. The highest BCUT2D eigenvalue weighted by Gasteiger charge is 2.24. The number of rotatable bonds is 2. The van der Waals surface area contributed by atoms with Crippen LogP contribution in [0.2, 0.25) is 0 Å². The summed E-state index contributed by atoms with van der Waals surface area (Å²) in [5.74, 6) is -1.29. The van der Waals surface area contributed by atoms with Gasteiger partial charge in [0.15, 0.2) is 0 Å². The number of anilines is 1. The molecule has 2 nitrogen and oxygen atoms in total. The van der Waals surface area contributed by atoms with Crippen LogP contribution in [0.25, 0.3) is 0 Å². The maximum atomic E-state index is 13.6. The van der Waals surface area contributed by atoms with Gasteiger partial charge in [-0.3, -0.25) is 0 Å². The van der Waals surface area contributed by atoms with Crippen LogP contribution in [0, 0.1) is 11.6 Å². The van der Waals surface area contributed by atoms with E-state index in [2.05, 4.69) is 21.2 Å². The van der Waals surface area contributed by atoms with Crippen LogP contribution >= 0.6 is 15.9 Å². The molecule has 0 aliphatic heterocycles. The SMILES string of the molecule is O[C@@H]1CCCC[C@H]1Nc1c(F)cc(Br)cc1F. The average molecular weight is 306 g/mol. The van der Waals surface area contributed by atoms with E-state index in [1.165, 1.54) is 12.1 Å². The molecule has 2 rings (SSSR count). The van der Waals surface area contributed by atoms with E-state index < -0.39 is 17.7 Å². The molecule has 0 saturated heterocycles. The molecule has 1 fully saturated rings. The molecule has 0 aromatic heterocycles. The molecule has 0 heterocycles. The minimum Gasteiger partial charge on any atom is -0.391 e. The van der Waals surface area contributed by atoms with Crippen LogP contribution in [0.15, 0.2) is 16.6 Å². The predicted molar refractivity (Wildman–Crippen MR) is 65.9 cm³/mol. The van der Waals surface area contributed by atoms with E-state index >= 15 is 0 Å². The third kappa shape index (κ3) is 2.96. The molecule has 2 N–H and O–H groups in total. The Bertz CT molecular complexity index is 390. The summed E-state index contributed by atoms with van der Waals surface area (Å²) < 4.78 is 27.5. The molecule has 5 heteroatoms. The summed E-state index contributed by atoms with van der Waals surface area (Å²) in [6, 6.07) is 2.15. The Hall–Kier alpha value is -0.680. The molecule has 1 aromatic carbocycles. The number of aliphatic hydroxyl groups is 1. The number of halogens is 3. The molecule has 0 unspecified atom stereocenters. The fourth-order valence-electron chi connectivity index (χ4n) is 2.15. The quantitative estimate of drug-likeness (QED) is 0.877. The van der Waals surface area contributed by atoms with Crippen molar-refractivity contribution in [1.82, 2.24) is 0 Å². The summed E-state index contributed by atoms with van der Waals surface area (Å²) in [6.45, 7) is 0. The van der Waals surface area contributed by atoms with Gasteiger partial charge in [-0.25, -0.2) is 8.78 Å². The minimum atomic E-state index is -0.644. The number of hydrogen-bond acceptors (Lipinski definition) is 2. The smallest absolute Gasteiger partial charge is 0.150 e. The molecule has 17 heavy (non-hydrogen) atoms. The van der Waals surface area contributed by atoms with Gasteiger partial charge in [0.2, 0.25) is 0 Å². The van der Waals surface area contributed by atoms with Crippen LogP contribution in [0.1, 0.15) is 25.7 Å². The second kappa shape index (κ2) is 5.31. The van der Waals surface area contributed by atoms with Crippen molar-refractivity contribution in [2.75, 3.05) is 5.32 Å². The maximum Gasteiger partial charge on any atom is 0.150 e. The van der Waals surface area contributed by atoms with Crippen molar-refractivity contribution in [3.8, 4) is 0 Å². The Kier molecular flexibility index (Phi) is 3.99. The van der Waals surface area contributed by atoms with Gasteiger partial charge in [0, 0.05) is 4.47 Å². The Labute approximate surface area is 107 Å². The third-order valence-corrected chi connectivity index (χ3v) is 3.52. The highest BCUT2D eigenvalue weighted by atomic mass is 79.9. The molecule has 0 radical (unpaired) electrons. The predicted octanol–water partition coefficient (Wildman–Crippen LogP) is 3.44. The zero-order chi connectivity index (χ0) is 12.4. The summed E-state index contributed by atoms with van der Waals surface area (Å²) in [5, 5.41) is 12.5. The highest BCUT2D eigenvalue weighted by Crippen LogP contribution is 2.27. The lowest BCUT2D eigenvalue weighted by molar-refractivity contribution is 0.116. The third-order valence-electron chi connectivity index (χ3n) is 3.07. The maximum absolute atomic E-state index is 13.6. The highest BCUT2D eigenvalue weighted by molar-refractivity contribution is 9.10. The summed E-state index contributed by atoms with van der Waals surface area (Å²) >= 11 is 3.03. The van der Waals surface area contributed by atoms with Crippen LogP contribution < -0.4 is 5.32 Å². The molecule has 0 amide bonds. The molecule has 94 valence electrons. The topological polar surface area (TPSA) is 32.3 Å². The van der Waals surface area contributed by atoms with Crippen molar-refractivity contribution in [1.29, 1.82) is 0 Å². The van der Waals surface area contributed by atoms with Gasteiger partial charge in [0.25, 0.3) is 0 Å². The molecule has 1 aliphatic rings. The molecule has 2 atom stereocenters. The zero-order valence-corrected chi connectivity index (χ0v) is 10.8. The van der Waals surface area contributed by atoms with E-state index in [0.717, 1.165) is 19.3 Å². The number of hydrogen-bond donors (Lipinski definition) is 2. The molecule has 1 saturated carbocycles. The van der Waals surface area contributed by atoms with Gasteiger partial charge in [-0.05, 0) is 25.0 Å². The zero-order valence-electron chi connectivity index (χ0n) is 9.22. The lowest BCUT2D eigenvalue weighted by atomic mass is 9.92. The van der Waals surface area contributed by atoms with Crippen LogP contribution in [-0.4, -0.2) is 17.3 Å². The molecule has 0 spiro atoms. The summed E-state index contributed by atoms with van der Waals surface area (Å²) in [6.07, 6.45) is 2.80. The van der Waals surface area contributed by atoms with Crippen molar-refractivity contribution in [3.05, 3.63) is 28.2 Å². The van der Waals surface area contributed by atoms with Crippen molar-refractivity contribution in [2.45, 2.75) is 37.8 Å². The first-order valence-corrected chi connectivity index (χ1v) is 6.46. The fraction of sp³-hybridized carbons (Fsp3) is 0.500. The second-order valence-corrected chi connectivity index (χ2v) is 5.26. The van der Waals surface area contributed by atoms with Gasteiger partial charge in [-0.2, -0.15) is 0 Å². The summed E-state index contributed by atoms with van der Waals surface area (Å²) in [7, 11) is 0. The van der Waals surface area contributed by atoms with Crippen LogP contribution in [0.5, 0.6) is 0 Å². The average Bonchev–Trinajstić information content (AvgIpc) is 2.25. The van der Waals surface area contributed by atoms with E-state index in [4.69, 9.17) is 0 Å². The lowest BCUT2D eigenvalue weighted by Gasteiger charge is -2.29. The normalized spacial score (nSPS) is 24.7. The van der Waals surface area contributed by atoms with Gasteiger partial charge in [-0.15, -0.1) is 0 Å². The number of nitrogens with one attached hydrogen (secondary N) is 1. The molecule has 1 aromatic rings. The Balaban J connectivity index is 2.17. The van der Waals surface area contributed by atoms with E-state index in [9.17, 15) is 13.9 Å². The first-order valence-electron chi connectivity index (χ1n) is 5.67. The Morgan fingerprint density at radius 3 is 2.35 bits per heavy atom. The Morgan fingerprint density at radius 1 is 1.18 bits per heavy atom. The van der Waals surface area contributed by atoms with Crippen molar-refractivity contribution in [2.24, 2.45) is 0 Å². The van der Waals surface area contributed by atoms with Gasteiger partial charge in [-0.1, -0.05) is 28.8 Å². The molecule has 1 aliphatic carbocycles. The van der Waals surface area contributed by atoms with E-state index in [1.807, 2.05) is 0 Å². The van der Waals surface area contributed by atoms with Crippen LogP contribution in [0.3, 0.4) is 0 Å². The van der Waals surface area contributed by atoms with Gasteiger partial charge < -0.3 is 10.4 Å². The summed E-state index contributed by atoms with van der Waals surface area (Å²) in [4.78, 5) is 0. The summed E-state index contributed by atoms with van der Waals surface area (Å²) in [5.41, 5.74) is -0.154. The van der Waals surface area contributed by atoms with E-state index in [-0.39, 0.29) is 11.7 Å². The first kappa shape index (κ1) is 12.8. The van der Waals surface area contributed by atoms with Gasteiger partial charge >= 0.3 is 0 Å². The van der Waals surface area contributed by atoms with Crippen molar-refractivity contribution in [3.63, 3.8) is 0 Å². The number of benzene rings is 1. The number of aliphatic hydroxyl groups excluding tert-OH is 1. The van der Waals surface area contributed by atoms with Crippen molar-refractivity contribution < 1.29 is 13.9 Å². The molecular formula is C12H14BrF2NO. The van der Waals surface area contributed by atoms with Gasteiger partial charge in [0.05, 0.1) is 12.1 Å². The Morgan fingerprint density at radius 2 is 1.76 bits per heavy atom. The minimum absolute atomic E-state index is 0.154. The van der Waals surface area contributed by atoms with Crippen LogP contribution in [-0.2, 0) is 0 Å². The lowest BCUT2D eigenvalue weighted by Crippen LogP contribution is -2.36. The van der Waals surface area contributed by atoms with Crippen LogP contribution in [0.4, 0.5) is 14.5 Å². The van der Waals surface area contributed by atoms with E-state index in [0.29, 0.717) is 10.9 Å². The van der Waals surface area contributed by atoms with E-state index in [1.54, 1.807) is 0 Å². The largest absolute Gasteiger partial charge is 0.391 e. The standard InChI is InChI=1S/C12H14BrF2NO/c13-7-5-8(14)12(9(15)6-7)16-10-3-1-2-4-11(10)17/h5-6,10-11,16-17H,1-4H2/t10-,11-/m1/s1. The first-order chi connectivity index (χ1) is 8.08. The monoisotopic (exact) mass is 305 g/mol. The fourth-order valence-corrected chi connectivity index (χ4v) is 2.55. The second-order valence-electron chi connectivity index (χ2n) is 4.35. The van der Waals surface area contributed by atoms with Gasteiger partial charge in [0.1, 0.15) is 17.3 Å². The van der Waals surface area contributed by atoms with Crippen molar-refractivity contribution >= 4 is 21.6 Å². The molecular weight excluding hydrogens is 292 g/mol.